The van der Waals surface area contributed by atoms with Gasteiger partial charge in [0.15, 0.2) is 0 Å². The molecule has 1 radical (unpaired) electrons. The van der Waals surface area contributed by atoms with E-state index in [4.69, 9.17) is 4.74 Å². The topological polar surface area (TPSA) is 37.9 Å². The molecule has 1 N–H and O–H groups in total. The van der Waals surface area contributed by atoms with Crippen molar-refractivity contribution in [1.29, 1.82) is 0 Å². The van der Waals surface area contributed by atoms with Crippen molar-refractivity contribution in [3.63, 3.8) is 0 Å². The highest BCUT2D eigenvalue weighted by Crippen LogP contribution is 2.26. The van der Waals surface area contributed by atoms with Gasteiger partial charge < -0.3 is 9.72 Å². The van der Waals surface area contributed by atoms with Crippen molar-refractivity contribution in [3.05, 3.63) is 54.0 Å². The molecule has 3 aromatic rings. The van der Waals surface area contributed by atoms with Crippen LogP contribution in [0.2, 0.25) is 0 Å². The van der Waals surface area contributed by atoms with Gasteiger partial charge in [-0.1, -0.05) is 0 Å². The van der Waals surface area contributed by atoms with Crippen LogP contribution in [0.1, 0.15) is 11.4 Å². The van der Waals surface area contributed by atoms with Gasteiger partial charge >= 0.3 is 0 Å². The summed E-state index contributed by atoms with van der Waals surface area (Å²) in [6.45, 7) is 3.92. The number of nitrogens with one attached hydrogen (secondary N) is 1. The van der Waals surface area contributed by atoms with Crippen molar-refractivity contribution in [2.24, 2.45) is 0 Å². The Balaban J connectivity index is 1.95. The molecule has 0 aliphatic rings. The number of rotatable bonds is 2. The number of hydrogen-bond donors (Lipinski definition) is 1. The summed E-state index contributed by atoms with van der Waals surface area (Å²) in [4.78, 5) is 7.50. The molecule has 3 heteroatoms. The molecule has 2 heterocycles. The molecule has 0 aliphatic heterocycles. The minimum Gasteiger partial charge on any atom is -0.455 e. The molecule has 3 rings (SSSR count). The second kappa shape index (κ2) is 4.18. The average molecular weight is 237 g/mol. The first-order valence-corrected chi connectivity index (χ1v) is 5.83. The van der Waals surface area contributed by atoms with Crippen LogP contribution in [-0.2, 0) is 0 Å². The lowest BCUT2D eigenvalue weighted by Crippen LogP contribution is -1.92. The minimum absolute atomic E-state index is 0.787. The van der Waals surface area contributed by atoms with Gasteiger partial charge in [-0.3, -0.25) is 4.98 Å². The number of aromatic nitrogens is 2. The van der Waals surface area contributed by atoms with Crippen LogP contribution in [0.25, 0.3) is 10.9 Å². The fraction of sp³-hybridized carbons (Fsp3) is 0.133. The van der Waals surface area contributed by atoms with Crippen LogP contribution in [0, 0.1) is 19.9 Å². The monoisotopic (exact) mass is 237 g/mol. The maximum atomic E-state index is 5.85. The zero-order valence-corrected chi connectivity index (χ0v) is 10.3. The number of benzene rings is 1. The summed E-state index contributed by atoms with van der Waals surface area (Å²) < 4.78 is 5.85. The number of ether oxygens (including phenoxy) is 1. The lowest BCUT2D eigenvalue weighted by molar-refractivity contribution is 0.476. The van der Waals surface area contributed by atoms with E-state index in [1.165, 1.54) is 0 Å². The van der Waals surface area contributed by atoms with Crippen molar-refractivity contribution in [1.82, 2.24) is 9.97 Å². The number of aromatic amines is 1. The highest BCUT2D eigenvalue weighted by atomic mass is 16.5. The highest BCUT2D eigenvalue weighted by Gasteiger charge is 2.04. The summed E-state index contributed by atoms with van der Waals surface area (Å²) in [6, 6.07) is 12.9. The van der Waals surface area contributed by atoms with Crippen molar-refractivity contribution < 1.29 is 4.74 Å². The quantitative estimate of drug-likeness (QED) is 0.736. The lowest BCUT2D eigenvalue weighted by Gasteiger charge is -2.08. The van der Waals surface area contributed by atoms with Crippen molar-refractivity contribution in [2.45, 2.75) is 13.8 Å². The van der Waals surface area contributed by atoms with E-state index in [0.29, 0.717) is 0 Å². The Hall–Kier alpha value is -2.29. The molecular weight excluding hydrogens is 224 g/mol. The summed E-state index contributed by atoms with van der Waals surface area (Å²) >= 11 is 0. The van der Waals surface area contributed by atoms with Crippen LogP contribution >= 0.6 is 0 Å². The molecule has 18 heavy (non-hydrogen) atoms. The summed E-state index contributed by atoms with van der Waals surface area (Å²) in [5.41, 5.74) is 2.91. The third-order valence-corrected chi connectivity index (χ3v) is 2.85. The molecule has 0 aliphatic carbocycles. The van der Waals surface area contributed by atoms with E-state index in [2.05, 4.69) is 16.0 Å². The van der Waals surface area contributed by atoms with Crippen LogP contribution in [-0.4, -0.2) is 9.97 Å². The van der Waals surface area contributed by atoms with Crippen molar-refractivity contribution in [3.8, 4) is 11.5 Å². The first-order chi connectivity index (χ1) is 8.72. The normalized spacial score (nSPS) is 10.8. The smallest absolute Gasteiger partial charge is 0.148 e. The van der Waals surface area contributed by atoms with Gasteiger partial charge in [-0.25, -0.2) is 0 Å². The summed E-state index contributed by atoms with van der Waals surface area (Å²) in [7, 11) is 0. The first-order valence-electron chi connectivity index (χ1n) is 5.83. The van der Waals surface area contributed by atoms with E-state index < -0.39 is 0 Å². The van der Waals surface area contributed by atoms with Gasteiger partial charge in [0.2, 0.25) is 0 Å². The predicted octanol–water partition coefficient (Wildman–Crippen LogP) is 3.77. The Kier molecular flexibility index (Phi) is 2.52. The van der Waals surface area contributed by atoms with E-state index >= 15 is 0 Å². The SMILES string of the molecule is Cc1ccc(Oc2ccc3[c]c[nH]c3c2)c(C)n1. The molecule has 0 fully saturated rings. The number of fused-ring (bicyclic) bond motifs is 1. The molecule has 0 unspecified atom stereocenters. The summed E-state index contributed by atoms with van der Waals surface area (Å²) in [5.74, 6) is 1.59. The van der Waals surface area contributed by atoms with E-state index in [1.807, 2.05) is 44.2 Å². The van der Waals surface area contributed by atoms with E-state index in [1.54, 1.807) is 6.20 Å². The molecule has 0 saturated heterocycles. The standard InChI is InChI=1S/C15H13N2O/c1-10-3-6-15(11(2)17-10)18-13-5-4-12-7-8-16-14(12)9-13/h3-6,8-9,16H,1-2H3. The van der Waals surface area contributed by atoms with Gasteiger partial charge in [-0.2, -0.15) is 0 Å². The van der Waals surface area contributed by atoms with Crippen LogP contribution < -0.4 is 4.74 Å². The third-order valence-electron chi connectivity index (χ3n) is 2.85. The Morgan fingerprint density at radius 1 is 1.17 bits per heavy atom. The molecule has 0 saturated carbocycles. The van der Waals surface area contributed by atoms with Gasteiger partial charge in [0.25, 0.3) is 0 Å². The van der Waals surface area contributed by atoms with Gasteiger partial charge in [0.1, 0.15) is 11.5 Å². The number of nitrogens with zero attached hydrogens (tertiary/aromatic N) is 1. The van der Waals surface area contributed by atoms with Crippen LogP contribution in [0.4, 0.5) is 0 Å². The fourth-order valence-corrected chi connectivity index (χ4v) is 1.93. The number of aryl methyl sites for hydroxylation is 2. The number of pyridine rings is 1. The Bertz CT molecular complexity index is 701. The Morgan fingerprint density at radius 3 is 2.89 bits per heavy atom. The zero-order chi connectivity index (χ0) is 12.5. The molecule has 1 aromatic carbocycles. The molecule has 0 bridgehead atoms. The molecule has 89 valence electrons. The zero-order valence-electron chi connectivity index (χ0n) is 10.3. The van der Waals surface area contributed by atoms with E-state index in [0.717, 1.165) is 33.8 Å². The Morgan fingerprint density at radius 2 is 2.06 bits per heavy atom. The second-order valence-corrected chi connectivity index (χ2v) is 4.28. The predicted molar refractivity (Wildman–Crippen MR) is 70.9 cm³/mol. The third kappa shape index (κ3) is 1.95. The summed E-state index contributed by atoms with van der Waals surface area (Å²) in [6.07, 6.45) is 1.80. The van der Waals surface area contributed by atoms with E-state index in [9.17, 15) is 0 Å². The molecular formula is C15H13N2O. The van der Waals surface area contributed by atoms with Crippen LogP contribution in [0.15, 0.2) is 36.5 Å². The van der Waals surface area contributed by atoms with Crippen molar-refractivity contribution in [2.75, 3.05) is 0 Å². The lowest BCUT2D eigenvalue weighted by atomic mass is 10.2. The largest absolute Gasteiger partial charge is 0.455 e. The minimum atomic E-state index is 0.787. The highest BCUT2D eigenvalue weighted by molar-refractivity contribution is 5.80. The first kappa shape index (κ1) is 10.8. The average Bonchev–Trinajstić information content (AvgIpc) is 2.80. The van der Waals surface area contributed by atoms with Gasteiger partial charge in [-0.15, -0.1) is 0 Å². The van der Waals surface area contributed by atoms with E-state index in [-0.39, 0.29) is 0 Å². The summed E-state index contributed by atoms with van der Waals surface area (Å²) in [5, 5.41) is 1.06. The second-order valence-electron chi connectivity index (χ2n) is 4.28. The maximum absolute atomic E-state index is 5.85. The van der Waals surface area contributed by atoms with Gasteiger partial charge in [-0.05, 0) is 38.1 Å². The molecule has 2 aromatic heterocycles. The van der Waals surface area contributed by atoms with Gasteiger partial charge in [0, 0.05) is 34.9 Å². The molecule has 0 spiro atoms. The fourth-order valence-electron chi connectivity index (χ4n) is 1.93. The molecule has 0 amide bonds. The maximum Gasteiger partial charge on any atom is 0.148 e. The molecule has 3 nitrogen and oxygen atoms in total. The van der Waals surface area contributed by atoms with Gasteiger partial charge in [0.05, 0.1) is 5.69 Å². The van der Waals surface area contributed by atoms with Crippen molar-refractivity contribution >= 4 is 10.9 Å². The van der Waals surface area contributed by atoms with Crippen LogP contribution in [0.5, 0.6) is 11.5 Å². The Labute approximate surface area is 105 Å². The number of hydrogen-bond acceptors (Lipinski definition) is 2. The number of H-pyrrole nitrogens is 1. The van der Waals surface area contributed by atoms with Crippen LogP contribution in [0.3, 0.4) is 0 Å². The molecule has 0 atom stereocenters.